The molecule has 2 N–H and O–H groups in total. The van der Waals surface area contributed by atoms with Crippen LogP contribution >= 0.6 is 22.9 Å². The maximum absolute atomic E-state index is 11.6. The third-order valence-electron chi connectivity index (χ3n) is 2.80. The van der Waals surface area contributed by atoms with E-state index < -0.39 is 0 Å². The second-order valence-electron chi connectivity index (χ2n) is 4.19. The van der Waals surface area contributed by atoms with Crippen LogP contribution in [0.15, 0.2) is 29.6 Å². The first-order valence-corrected chi connectivity index (χ1v) is 7.15. The van der Waals surface area contributed by atoms with E-state index in [1.54, 1.807) is 18.4 Å². The SMILES string of the molecule is CNC(=O)c1ccc(C)c(NCc2cc(Cl)cs2)c1. The predicted octanol–water partition coefficient (Wildman–Crippen LogP) is 3.68. The number of carbonyl (C=O) groups is 1. The van der Waals surface area contributed by atoms with Crippen LogP contribution in [0.5, 0.6) is 0 Å². The van der Waals surface area contributed by atoms with Gasteiger partial charge >= 0.3 is 0 Å². The van der Waals surface area contributed by atoms with Crippen LogP contribution in [0.1, 0.15) is 20.8 Å². The highest BCUT2D eigenvalue weighted by Gasteiger charge is 2.06. The van der Waals surface area contributed by atoms with Crippen LogP contribution in [-0.4, -0.2) is 13.0 Å². The molecular formula is C14H15ClN2OS. The number of anilines is 1. The maximum atomic E-state index is 11.6. The Morgan fingerprint density at radius 1 is 1.37 bits per heavy atom. The molecule has 1 heterocycles. The van der Waals surface area contributed by atoms with Gasteiger partial charge in [-0.05, 0) is 30.7 Å². The van der Waals surface area contributed by atoms with Gasteiger partial charge in [0.25, 0.3) is 5.91 Å². The monoisotopic (exact) mass is 294 g/mol. The van der Waals surface area contributed by atoms with Crippen LogP contribution in [0.25, 0.3) is 0 Å². The molecule has 0 aliphatic rings. The van der Waals surface area contributed by atoms with E-state index in [2.05, 4.69) is 10.6 Å². The summed E-state index contributed by atoms with van der Waals surface area (Å²) in [5.41, 5.74) is 2.72. The summed E-state index contributed by atoms with van der Waals surface area (Å²) in [5, 5.41) is 8.63. The third kappa shape index (κ3) is 3.49. The van der Waals surface area contributed by atoms with Crippen LogP contribution in [0.2, 0.25) is 5.02 Å². The largest absolute Gasteiger partial charge is 0.380 e. The fourth-order valence-corrected chi connectivity index (χ4v) is 2.74. The molecule has 1 aromatic carbocycles. The molecular weight excluding hydrogens is 280 g/mol. The first kappa shape index (κ1) is 13.9. The van der Waals surface area contributed by atoms with Crippen molar-refractivity contribution in [3.05, 3.63) is 50.7 Å². The van der Waals surface area contributed by atoms with Gasteiger partial charge in [0.2, 0.25) is 0 Å². The lowest BCUT2D eigenvalue weighted by atomic mass is 10.1. The first-order chi connectivity index (χ1) is 9.10. The molecule has 1 amide bonds. The van der Waals surface area contributed by atoms with Crippen molar-refractivity contribution in [1.29, 1.82) is 0 Å². The van der Waals surface area contributed by atoms with Gasteiger partial charge in [0.1, 0.15) is 0 Å². The van der Waals surface area contributed by atoms with Crippen molar-refractivity contribution in [1.82, 2.24) is 5.32 Å². The van der Waals surface area contributed by atoms with Crippen molar-refractivity contribution >= 4 is 34.5 Å². The number of hydrogen-bond donors (Lipinski definition) is 2. The molecule has 0 bridgehead atoms. The normalized spacial score (nSPS) is 10.3. The summed E-state index contributed by atoms with van der Waals surface area (Å²) < 4.78 is 0. The first-order valence-electron chi connectivity index (χ1n) is 5.89. The zero-order valence-electron chi connectivity index (χ0n) is 10.8. The van der Waals surface area contributed by atoms with Crippen molar-refractivity contribution in [2.45, 2.75) is 13.5 Å². The Kier molecular flexibility index (Phi) is 4.45. The fourth-order valence-electron chi connectivity index (χ4n) is 1.73. The summed E-state index contributed by atoms with van der Waals surface area (Å²) >= 11 is 7.50. The van der Waals surface area contributed by atoms with E-state index in [4.69, 9.17) is 11.6 Å². The number of aryl methyl sites for hydroxylation is 1. The van der Waals surface area contributed by atoms with Crippen molar-refractivity contribution in [3.8, 4) is 0 Å². The number of nitrogens with one attached hydrogen (secondary N) is 2. The standard InChI is InChI=1S/C14H15ClN2OS/c1-9-3-4-10(14(18)16-2)5-13(9)17-7-12-6-11(15)8-19-12/h3-6,8,17H,7H2,1-2H3,(H,16,18). The number of rotatable bonds is 4. The number of amides is 1. The smallest absolute Gasteiger partial charge is 0.251 e. The van der Waals surface area contributed by atoms with Crippen LogP contribution in [0.4, 0.5) is 5.69 Å². The van der Waals surface area contributed by atoms with Crippen LogP contribution in [0.3, 0.4) is 0 Å². The second-order valence-corrected chi connectivity index (χ2v) is 5.63. The van der Waals surface area contributed by atoms with E-state index in [0.717, 1.165) is 21.2 Å². The molecule has 0 unspecified atom stereocenters. The molecule has 0 saturated heterocycles. The molecule has 0 fully saturated rings. The van der Waals surface area contributed by atoms with Gasteiger partial charge in [0.05, 0.1) is 5.02 Å². The minimum Gasteiger partial charge on any atom is -0.380 e. The zero-order chi connectivity index (χ0) is 13.8. The lowest BCUT2D eigenvalue weighted by Crippen LogP contribution is -2.18. The Morgan fingerprint density at radius 2 is 2.16 bits per heavy atom. The van der Waals surface area contributed by atoms with E-state index in [0.29, 0.717) is 12.1 Å². The van der Waals surface area contributed by atoms with E-state index in [-0.39, 0.29) is 5.91 Å². The van der Waals surface area contributed by atoms with Gasteiger partial charge in [0, 0.05) is 35.1 Å². The fraction of sp³-hybridized carbons (Fsp3) is 0.214. The Morgan fingerprint density at radius 3 is 2.79 bits per heavy atom. The minimum atomic E-state index is -0.0813. The van der Waals surface area contributed by atoms with Gasteiger partial charge in [-0.1, -0.05) is 17.7 Å². The van der Waals surface area contributed by atoms with Gasteiger partial charge in [-0.25, -0.2) is 0 Å². The quantitative estimate of drug-likeness (QED) is 0.903. The van der Waals surface area contributed by atoms with E-state index in [1.165, 1.54) is 0 Å². The Hall–Kier alpha value is -1.52. The molecule has 0 atom stereocenters. The molecule has 5 heteroatoms. The van der Waals surface area contributed by atoms with Crippen molar-refractivity contribution in [2.75, 3.05) is 12.4 Å². The summed E-state index contributed by atoms with van der Waals surface area (Å²) in [5.74, 6) is -0.0813. The summed E-state index contributed by atoms with van der Waals surface area (Å²) in [6, 6.07) is 7.57. The van der Waals surface area contributed by atoms with Gasteiger partial charge < -0.3 is 10.6 Å². The average molecular weight is 295 g/mol. The average Bonchev–Trinajstić information content (AvgIpc) is 2.82. The van der Waals surface area contributed by atoms with Crippen LogP contribution in [-0.2, 0) is 6.54 Å². The second kappa shape index (κ2) is 6.08. The van der Waals surface area contributed by atoms with Gasteiger partial charge in [0.15, 0.2) is 0 Å². The van der Waals surface area contributed by atoms with Crippen molar-refractivity contribution < 1.29 is 4.79 Å². The molecule has 3 nitrogen and oxygen atoms in total. The maximum Gasteiger partial charge on any atom is 0.251 e. The summed E-state index contributed by atoms with van der Waals surface area (Å²) in [4.78, 5) is 12.8. The molecule has 0 radical (unpaired) electrons. The number of hydrogen-bond acceptors (Lipinski definition) is 3. The number of carbonyl (C=O) groups excluding carboxylic acids is 1. The van der Waals surface area contributed by atoms with Crippen molar-refractivity contribution in [3.63, 3.8) is 0 Å². The number of halogens is 1. The van der Waals surface area contributed by atoms with Crippen LogP contribution < -0.4 is 10.6 Å². The molecule has 19 heavy (non-hydrogen) atoms. The zero-order valence-corrected chi connectivity index (χ0v) is 12.4. The minimum absolute atomic E-state index is 0.0813. The lowest BCUT2D eigenvalue weighted by molar-refractivity contribution is 0.0963. The highest BCUT2D eigenvalue weighted by Crippen LogP contribution is 2.22. The Labute approximate surface area is 121 Å². The molecule has 100 valence electrons. The van der Waals surface area contributed by atoms with E-state index >= 15 is 0 Å². The highest BCUT2D eigenvalue weighted by atomic mass is 35.5. The highest BCUT2D eigenvalue weighted by molar-refractivity contribution is 7.10. The predicted molar refractivity (Wildman–Crippen MR) is 81.2 cm³/mol. The Balaban J connectivity index is 2.12. The van der Waals surface area contributed by atoms with Crippen LogP contribution in [0, 0.1) is 6.92 Å². The van der Waals surface area contributed by atoms with E-state index in [1.807, 2.05) is 36.6 Å². The number of benzene rings is 1. The van der Waals surface area contributed by atoms with E-state index in [9.17, 15) is 4.79 Å². The van der Waals surface area contributed by atoms with Crippen molar-refractivity contribution in [2.24, 2.45) is 0 Å². The topological polar surface area (TPSA) is 41.1 Å². The van der Waals surface area contributed by atoms with Gasteiger partial charge in [-0.2, -0.15) is 0 Å². The molecule has 0 aliphatic carbocycles. The molecule has 0 spiro atoms. The molecule has 0 saturated carbocycles. The lowest BCUT2D eigenvalue weighted by Gasteiger charge is -2.10. The Bertz CT molecular complexity index is 595. The molecule has 1 aromatic heterocycles. The molecule has 0 aliphatic heterocycles. The summed E-state index contributed by atoms with van der Waals surface area (Å²) in [6.45, 7) is 2.72. The molecule has 2 rings (SSSR count). The summed E-state index contributed by atoms with van der Waals surface area (Å²) in [7, 11) is 1.63. The van der Waals surface area contributed by atoms with Gasteiger partial charge in [-0.15, -0.1) is 11.3 Å². The third-order valence-corrected chi connectivity index (χ3v) is 4.09. The summed E-state index contributed by atoms with van der Waals surface area (Å²) in [6.07, 6.45) is 0. The van der Waals surface area contributed by atoms with Gasteiger partial charge in [-0.3, -0.25) is 4.79 Å². The molecule has 2 aromatic rings. The number of thiophene rings is 1.